The largest absolute Gasteiger partial charge is 0.478 e. The summed E-state index contributed by atoms with van der Waals surface area (Å²) < 4.78 is 1.48. The molecule has 0 saturated carbocycles. The van der Waals surface area contributed by atoms with Crippen molar-refractivity contribution in [2.24, 2.45) is 0 Å². The number of rotatable bonds is 4. The summed E-state index contributed by atoms with van der Waals surface area (Å²) in [4.78, 5) is 22.4. The molecule has 7 nitrogen and oxygen atoms in total. The van der Waals surface area contributed by atoms with E-state index in [0.29, 0.717) is 11.4 Å². The molecule has 0 atom stereocenters. The number of aromatic carboxylic acids is 1. The third-order valence-electron chi connectivity index (χ3n) is 3.69. The molecule has 2 aromatic carbocycles. The second kappa shape index (κ2) is 5.96. The molecule has 0 aliphatic heterocycles. The van der Waals surface area contributed by atoms with Crippen molar-refractivity contribution in [1.82, 2.24) is 9.78 Å². The van der Waals surface area contributed by atoms with E-state index in [2.05, 4.69) is 5.10 Å². The third-order valence-corrected chi connectivity index (χ3v) is 3.69. The molecule has 24 heavy (non-hydrogen) atoms. The fourth-order valence-electron chi connectivity index (χ4n) is 2.60. The number of para-hydroxylation sites is 2. The molecule has 0 spiro atoms. The lowest BCUT2D eigenvalue weighted by Crippen LogP contribution is -2.02. The van der Waals surface area contributed by atoms with Crippen LogP contribution in [0.15, 0.2) is 54.6 Å². The van der Waals surface area contributed by atoms with Gasteiger partial charge in [-0.3, -0.25) is 10.1 Å². The van der Waals surface area contributed by atoms with Crippen molar-refractivity contribution < 1.29 is 14.8 Å². The van der Waals surface area contributed by atoms with Crippen LogP contribution in [0.2, 0.25) is 0 Å². The summed E-state index contributed by atoms with van der Waals surface area (Å²) in [6.07, 6.45) is 0. The third kappa shape index (κ3) is 2.52. The number of nitrogens with zero attached hydrogens (tertiary/aromatic N) is 3. The Morgan fingerprint density at radius 3 is 2.38 bits per heavy atom. The van der Waals surface area contributed by atoms with E-state index in [1.807, 2.05) is 18.2 Å². The lowest BCUT2D eigenvalue weighted by Gasteiger charge is -2.03. The first-order valence-electron chi connectivity index (χ1n) is 7.13. The zero-order valence-electron chi connectivity index (χ0n) is 12.7. The number of nitro groups is 1. The molecule has 0 aliphatic rings. The average Bonchev–Trinajstić information content (AvgIpc) is 2.93. The van der Waals surface area contributed by atoms with Crippen LogP contribution < -0.4 is 0 Å². The molecule has 0 fully saturated rings. The van der Waals surface area contributed by atoms with E-state index in [4.69, 9.17) is 0 Å². The van der Waals surface area contributed by atoms with Gasteiger partial charge in [-0.05, 0) is 25.1 Å². The molecule has 1 N–H and O–H groups in total. The van der Waals surface area contributed by atoms with Gasteiger partial charge in [-0.2, -0.15) is 5.10 Å². The number of carboxylic acid groups (broad SMARTS) is 1. The number of carboxylic acids is 1. The summed E-state index contributed by atoms with van der Waals surface area (Å²) in [5, 5.41) is 25.2. The van der Waals surface area contributed by atoms with Crippen molar-refractivity contribution in [1.29, 1.82) is 0 Å². The van der Waals surface area contributed by atoms with E-state index in [0.717, 1.165) is 0 Å². The molecule has 3 aromatic rings. The van der Waals surface area contributed by atoms with Crippen molar-refractivity contribution in [2.45, 2.75) is 6.92 Å². The number of nitro benzene ring substituents is 1. The molecule has 3 rings (SSSR count). The van der Waals surface area contributed by atoms with Crippen LogP contribution >= 0.6 is 0 Å². The van der Waals surface area contributed by atoms with E-state index in [1.165, 1.54) is 22.9 Å². The van der Waals surface area contributed by atoms with Crippen LogP contribution in [-0.4, -0.2) is 25.8 Å². The topological polar surface area (TPSA) is 98.3 Å². The lowest BCUT2D eigenvalue weighted by molar-refractivity contribution is -0.384. The maximum atomic E-state index is 11.7. The Hall–Kier alpha value is -3.48. The van der Waals surface area contributed by atoms with E-state index >= 15 is 0 Å². The zero-order valence-corrected chi connectivity index (χ0v) is 12.7. The van der Waals surface area contributed by atoms with Gasteiger partial charge in [0.2, 0.25) is 0 Å². The smallest absolute Gasteiger partial charge is 0.339 e. The van der Waals surface area contributed by atoms with Gasteiger partial charge >= 0.3 is 5.97 Å². The Bertz CT molecular complexity index is 932. The van der Waals surface area contributed by atoms with Crippen LogP contribution in [0, 0.1) is 17.0 Å². The number of hydrogen-bond acceptors (Lipinski definition) is 4. The van der Waals surface area contributed by atoms with Crippen molar-refractivity contribution in [3.05, 3.63) is 76.0 Å². The van der Waals surface area contributed by atoms with Crippen LogP contribution in [0.25, 0.3) is 16.9 Å². The van der Waals surface area contributed by atoms with Gasteiger partial charge in [0.05, 0.1) is 21.9 Å². The fraction of sp³-hybridized carbons (Fsp3) is 0.0588. The highest BCUT2D eigenvalue weighted by Gasteiger charge is 2.27. The summed E-state index contributed by atoms with van der Waals surface area (Å²) >= 11 is 0. The van der Waals surface area contributed by atoms with Crippen LogP contribution in [0.5, 0.6) is 0 Å². The number of carbonyl (C=O) groups is 1. The minimum Gasteiger partial charge on any atom is -0.478 e. The second-order valence-electron chi connectivity index (χ2n) is 5.14. The van der Waals surface area contributed by atoms with Gasteiger partial charge in [0.1, 0.15) is 11.3 Å². The molecule has 0 saturated heterocycles. The first-order valence-corrected chi connectivity index (χ1v) is 7.13. The first kappa shape index (κ1) is 15.4. The van der Waals surface area contributed by atoms with Crippen LogP contribution in [0.3, 0.4) is 0 Å². The van der Waals surface area contributed by atoms with Crippen LogP contribution in [0.1, 0.15) is 16.1 Å². The average molecular weight is 323 g/mol. The molecule has 7 heteroatoms. The number of hydrogen-bond donors (Lipinski definition) is 1. The number of aromatic nitrogens is 2. The quantitative estimate of drug-likeness (QED) is 0.585. The molecule has 0 unspecified atom stereocenters. The van der Waals surface area contributed by atoms with Gasteiger partial charge in [-0.1, -0.05) is 30.3 Å². The first-order chi connectivity index (χ1) is 11.5. The number of benzene rings is 2. The van der Waals surface area contributed by atoms with Crippen molar-refractivity contribution in [2.75, 3.05) is 0 Å². The van der Waals surface area contributed by atoms with Gasteiger partial charge in [0, 0.05) is 6.07 Å². The Kier molecular flexibility index (Phi) is 3.83. The van der Waals surface area contributed by atoms with Crippen LogP contribution in [-0.2, 0) is 0 Å². The second-order valence-corrected chi connectivity index (χ2v) is 5.14. The van der Waals surface area contributed by atoms with E-state index in [9.17, 15) is 20.0 Å². The van der Waals surface area contributed by atoms with Crippen molar-refractivity contribution in [3.63, 3.8) is 0 Å². The van der Waals surface area contributed by atoms with E-state index in [1.54, 1.807) is 25.1 Å². The zero-order chi connectivity index (χ0) is 17.3. The minimum absolute atomic E-state index is 0.0480. The molecule has 1 heterocycles. The molecular weight excluding hydrogens is 310 g/mol. The summed E-state index contributed by atoms with van der Waals surface area (Å²) in [7, 11) is 0. The van der Waals surface area contributed by atoms with E-state index in [-0.39, 0.29) is 22.5 Å². The van der Waals surface area contributed by atoms with Crippen molar-refractivity contribution >= 4 is 11.7 Å². The highest BCUT2D eigenvalue weighted by atomic mass is 16.6. The fourth-order valence-corrected chi connectivity index (χ4v) is 2.60. The normalized spacial score (nSPS) is 10.5. The predicted octanol–water partition coefficient (Wildman–Crippen LogP) is 3.45. The van der Waals surface area contributed by atoms with Gasteiger partial charge in [-0.15, -0.1) is 0 Å². The summed E-state index contributed by atoms with van der Waals surface area (Å²) in [6, 6.07) is 15.0. The summed E-state index contributed by atoms with van der Waals surface area (Å²) in [6.45, 7) is 1.63. The van der Waals surface area contributed by atoms with Gasteiger partial charge < -0.3 is 5.11 Å². The maximum Gasteiger partial charge on any atom is 0.339 e. The van der Waals surface area contributed by atoms with E-state index < -0.39 is 10.9 Å². The predicted molar refractivity (Wildman–Crippen MR) is 87.4 cm³/mol. The Morgan fingerprint density at radius 1 is 1.12 bits per heavy atom. The monoisotopic (exact) mass is 323 g/mol. The molecule has 0 radical (unpaired) electrons. The Morgan fingerprint density at radius 2 is 1.75 bits per heavy atom. The van der Waals surface area contributed by atoms with Gasteiger partial charge in [0.25, 0.3) is 5.69 Å². The standard InChI is InChI=1S/C17H13N3O4/c1-11-15(17(21)22)16(13-9-5-6-10-14(13)20(23)24)18-19(11)12-7-3-2-4-8-12/h2-10H,1H3,(H,21,22). The SMILES string of the molecule is Cc1c(C(=O)O)c(-c2ccccc2[N+](=O)[O-])nn1-c1ccccc1. The molecule has 120 valence electrons. The summed E-state index contributed by atoms with van der Waals surface area (Å²) in [5.41, 5.74) is 1.11. The minimum atomic E-state index is -1.18. The highest BCUT2D eigenvalue weighted by Crippen LogP contribution is 2.33. The molecule has 0 bridgehead atoms. The molecule has 1 aromatic heterocycles. The molecule has 0 amide bonds. The Labute approximate surface area is 136 Å². The molecular formula is C17H13N3O4. The maximum absolute atomic E-state index is 11.7. The Balaban J connectivity index is 2.30. The van der Waals surface area contributed by atoms with Gasteiger partial charge in [0.15, 0.2) is 0 Å². The van der Waals surface area contributed by atoms with Crippen LogP contribution in [0.4, 0.5) is 5.69 Å². The highest BCUT2D eigenvalue weighted by molar-refractivity contribution is 5.97. The van der Waals surface area contributed by atoms with Crippen molar-refractivity contribution in [3.8, 4) is 16.9 Å². The summed E-state index contributed by atoms with van der Waals surface area (Å²) in [5.74, 6) is -1.18. The molecule has 0 aliphatic carbocycles. The van der Waals surface area contributed by atoms with Gasteiger partial charge in [-0.25, -0.2) is 9.48 Å². The lowest BCUT2D eigenvalue weighted by atomic mass is 10.0.